The van der Waals surface area contributed by atoms with Crippen molar-refractivity contribution in [1.29, 1.82) is 0 Å². The van der Waals surface area contributed by atoms with Crippen LogP contribution in [0, 0.1) is 11.8 Å². The van der Waals surface area contributed by atoms with E-state index < -0.39 is 12.8 Å². The number of amides is 1. The van der Waals surface area contributed by atoms with Crippen LogP contribution >= 0.6 is 12.2 Å². The molecule has 1 amide bonds. The number of allylic oxidation sites excluding steroid dienone is 1. The van der Waals surface area contributed by atoms with Gasteiger partial charge in [0.05, 0.1) is 0 Å². The molecule has 7 heteroatoms. The molecular weight excluding hydrogens is 255 g/mol. The summed E-state index contributed by atoms with van der Waals surface area (Å²) in [4.78, 5) is 11.2. The zero-order valence-corrected chi connectivity index (χ0v) is 10.5. The van der Waals surface area contributed by atoms with Gasteiger partial charge in [0.25, 0.3) is 0 Å². The highest BCUT2D eigenvalue weighted by Gasteiger charge is 2.40. The van der Waals surface area contributed by atoms with Crippen molar-refractivity contribution in [1.82, 2.24) is 4.72 Å². The lowest BCUT2D eigenvalue weighted by Gasteiger charge is -2.06. The molecule has 100 valence electrons. The molecular formula is C10H16F3NO2S. The second kappa shape index (κ2) is 7.60. The van der Waals surface area contributed by atoms with Crippen LogP contribution in [0.4, 0.5) is 13.2 Å². The number of carbonyl (C=O) groups excluding carboxylic acids is 1. The minimum absolute atomic E-state index is 0.146. The van der Waals surface area contributed by atoms with Gasteiger partial charge < -0.3 is 0 Å². The van der Waals surface area contributed by atoms with Crippen LogP contribution in [-0.4, -0.2) is 18.7 Å². The van der Waals surface area contributed by atoms with E-state index in [0.717, 1.165) is 0 Å². The smallest absolute Gasteiger partial charge is 0.287 e. The fourth-order valence-electron chi connectivity index (χ4n) is 1.02. The number of alkyl halides is 3. The van der Waals surface area contributed by atoms with Crippen LogP contribution in [0.5, 0.6) is 0 Å². The highest BCUT2D eigenvalue weighted by Crippen LogP contribution is 2.39. The van der Waals surface area contributed by atoms with Gasteiger partial charge in [-0.2, -0.15) is 13.2 Å². The molecule has 3 nitrogen and oxygen atoms in total. The summed E-state index contributed by atoms with van der Waals surface area (Å²) in [6.45, 7) is 6.14. The van der Waals surface area contributed by atoms with E-state index in [2.05, 4.69) is 15.5 Å². The molecule has 0 unspecified atom stereocenters. The zero-order chi connectivity index (χ0) is 13.5. The van der Waals surface area contributed by atoms with Crippen LogP contribution in [-0.2, 0) is 8.98 Å². The molecule has 1 rings (SSSR count). The molecule has 1 N–H and O–H groups in total. The summed E-state index contributed by atoms with van der Waals surface area (Å²) >= 11 is 0.315. The maximum Gasteiger partial charge on any atom is 0.413 e. The van der Waals surface area contributed by atoms with E-state index in [-0.39, 0.29) is 17.7 Å². The Bertz CT molecular complexity index is 258. The van der Waals surface area contributed by atoms with Crippen molar-refractivity contribution in [3.63, 3.8) is 0 Å². The number of hydrogen-bond acceptors (Lipinski definition) is 3. The summed E-state index contributed by atoms with van der Waals surface area (Å²) < 4.78 is 41.1. The third-order valence-electron chi connectivity index (χ3n) is 1.90. The van der Waals surface area contributed by atoms with Crippen molar-refractivity contribution in [2.45, 2.75) is 26.4 Å². The molecule has 17 heavy (non-hydrogen) atoms. The third-order valence-corrected chi connectivity index (χ3v) is 2.42. The first kappa shape index (κ1) is 16.3. The van der Waals surface area contributed by atoms with E-state index in [0.29, 0.717) is 18.6 Å². The van der Waals surface area contributed by atoms with Gasteiger partial charge in [-0.25, -0.2) is 0 Å². The Hall–Kier alpha value is -0.690. The van der Waals surface area contributed by atoms with Crippen molar-refractivity contribution in [2.24, 2.45) is 11.8 Å². The van der Waals surface area contributed by atoms with Gasteiger partial charge in [-0.3, -0.25) is 13.7 Å². The first-order valence-corrected chi connectivity index (χ1v) is 5.96. The molecule has 1 aliphatic carbocycles. The minimum atomic E-state index is -4.37. The average molecular weight is 271 g/mol. The highest BCUT2D eigenvalue weighted by atomic mass is 32.2. The van der Waals surface area contributed by atoms with Crippen LogP contribution in [0.3, 0.4) is 0 Å². The number of hydrogen-bond donors (Lipinski definition) is 1. The van der Waals surface area contributed by atoms with E-state index in [4.69, 9.17) is 0 Å². The Balaban J connectivity index is 0.00000121. The topological polar surface area (TPSA) is 38.3 Å². The summed E-state index contributed by atoms with van der Waals surface area (Å²) in [7, 11) is 0. The molecule has 2 atom stereocenters. The highest BCUT2D eigenvalue weighted by molar-refractivity contribution is 7.93. The van der Waals surface area contributed by atoms with E-state index in [9.17, 15) is 18.0 Å². The molecule has 0 aromatic heterocycles. The van der Waals surface area contributed by atoms with Crippen LogP contribution in [0.15, 0.2) is 12.7 Å². The molecule has 0 bridgehead atoms. The second-order valence-corrected chi connectivity index (χ2v) is 3.78. The average Bonchev–Trinajstić information content (AvgIpc) is 3.05. The Kier molecular flexibility index (Phi) is 7.29. The maximum absolute atomic E-state index is 11.6. The molecule has 0 saturated heterocycles. The Morgan fingerprint density at radius 2 is 2.18 bits per heavy atom. The predicted molar refractivity (Wildman–Crippen MR) is 60.9 cm³/mol. The second-order valence-electron chi connectivity index (χ2n) is 3.17. The fraction of sp³-hybridized carbons (Fsp3) is 0.700. The molecule has 1 fully saturated rings. The van der Waals surface area contributed by atoms with Crippen molar-refractivity contribution < 1.29 is 22.1 Å². The normalized spacial score (nSPS) is 22.2. The number of nitrogens with one attached hydrogen (secondary N) is 1. The molecule has 0 heterocycles. The van der Waals surface area contributed by atoms with Gasteiger partial charge in [0.15, 0.2) is 6.61 Å². The number of carbonyl (C=O) groups is 1. The first-order valence-electron chi connectivity index (χ1n) is 5.21. The van der Waals surface area contributed by atoms with Gasteiger partial charge in [-0.1, -0.05) is 19.9 Å². The standard InChI is InChI=1S/C8H10F3NO2S.C2H6/c1-2-5-3-6(5)7(13)12-15-14-4-8(9,10)11;1-2/h2,5-6H,1,3-4H2,(H,12,13);1-2H3/t5-,6+;/m1./s1. The first-order chi connectivity index (χ1) is 7.94. The monoisotopic (exact) mass is 271 g/mol. The van der Waals surface area contributed by atoms with E-state index >= 15 is 0 Å². The molecule has 1 aliphatic rings. The van der Waals surface area contributed by atoms with E-state index in [1.54, 1.807) is 6.08 Å². The lowest BCUT2D eigenvalue weighted by molar-refractivity contribution is -0.151. The van der Waals surface area contributed by atoms with Crippen molar-refractivity contribution >= 4 is 18.1 Å². The Morgan fingerprint density at radius 3 is 2.59 bits per heavy atom. The van der Waals surface area contributed by atoms with Crippen LogP contribution in [0.25, 0.3) is 0 Å². The van der Waals surface area contributed by atoms with Crippen molar-refractivity contribution in [2.75, 3.05) is 6.61 Å². The van der Waals surface area contributed by atoms with Gasteiger partial charge >= 0.3 is 6.18 Å². The molecule has 0 radical (unpaired) electrons. The van der Waals surface area contributed by atoms with Gasteiger partial charge in [0.2, 0.25) is 5.91 Å². The predicted octanol–water partition coefficient (Wildman–Crippen LogP) is 3.09. The summed E-state index contributed by atoms with van der Waals surface area (Å²) in [6, 6.07) is 0. The van der Waals surface area contributed by atoms with E-state index in [1.165, 1.54) is 0 Å². The summed E-state index contributed by atoms with van der Waals surface area (Å²) in [6.07, 6.45) is -2.01. The largest absolute Gasteiger partial charge is 0.413 e. The van der Waals surface area contributed by atoms with Crippen LogP contribution < -0.4 is 4.72 Å². The van der Waals surface area contributed by atoms with Crippen molar-refractivity contribution in [3.05, 3.63) is 12.7 Å². The van der Waals surface area contributed by atoms with Crippen LogP contribution in [0.2, 0.25) is 0 Å². The molecule has 1 saturated carbocycles. The SMILES string of the molecule is C=C[C@@H]1C[C@@H]1C(=O)NSOCC(F)(F)F.CC. The van der Waals surface area contributed by atoms with Gasteiger partial charge in [-0.05, 0) is 12.3 Å². The number of rotatable bonds is 5. The minimum Gasteiger partial charge on any atom is -0.287 e. The van der Waals surface area contributed by atoms with Crippen LogP contribution in [0.1, 0.15) is 20.3 Å². The molecule has 0 spiro atoms. The molecule has 0 aromatic rings. The lowest BCUT2D eigenvalue weighted by Crippen LogP contribution is -2.21. The number of halogens is 3. The lowest BCUT2D eigenvalue weighted by atomic mass is 10.3. The summed E-state index contributed by atoms with van der Waals surface area (Å²) in [5.41, 5.74) is 0. The summed E-state index contributed by atoms with van der Waals surface area (Å²) in [5.74, 6) is -0.329. The van der Waals surface area contributed by atoms with Gasteiger partial charge in [0.1, 0.15) is 12.2 Å². The molecule has 0 aromatic carbocycles. The van der Waals surface area contributed by atoms with Gasteiger partial charge in [0, 0.05) is 5.92 Å². The molecule has 0 aliphatic heterocycles. The Morgan fingerprint density at radius 1 is 1.59 bits per heavy atom. The quantitative estimate of drug-likeness (QED) is 0.361. The van der Waals surface area contributed by atoms with E-state index in [1.807, 2.05) is 13.8 Å². The maximum atomic E-state index is 11.6. The van der Waals surface area contributed by atoms with Crippen molar-refractivity contribution in [3.8, 4) is 0 Å². The Labute approximate surface area is 103 Å². The fourth-order valence-corrected chi connectivity index (χ4v) is 1.50. The third kappa shape index (κ3) is 7.27. The van der Waals surface area contributed by atoms with Gasteiger partial charge in [-0.15, -0.1) is 6.58 Å². The zero-order valence-electron chi connectivity index (χ0n) is 9.71. The summed E-state index contributed by atoms with van der Waals surface area (Å²) in [5, 5.41) is 0.